The van der Waals surface area contributed by atoms with Crippen molar-refractivity contribution in [1.29, 1.82) is 0 Å². The predicted molar refractivity (Wildman–Crippen MR) is 115 cm³/mol. The fourth-order valence-corrected chi connectivity index (χ4v) is 3.35. The number of imidazole rings is 1. The van der Waals surface area contributed by atoms with Gasteiger partial charge in [-0.1, -0.05) is 0 Å². The Morgan fingerprint density at radius 2 is 2.09 bits per heavy atom. The second kappa shape index (κ2) is 7.95. The summed E-state index contributed by atoms with van der Waals surface area (Å²) in [4.78, 5) is 30.3. The zero-order chi connectivity index (χ0) is 22.1. The van der Waals surface area contributed by atoms with Crippen molar-refractivity contribution >= 4 is 17.4 Å². The highest BCUT2D eigenvalue weighted by Crippen LogP contribution is 2.30. The number of nitrogens with zero attached hydrogens (tertiary/aromatic N) is 7. The van der Waals surface area contributed by atoms with Crippen molar-refractivity contribution in [2.45, 2.75) is 13.5 Å². The largest absolute Gasteiger partial charge is 0.443 e. The van der Waals surface area contributed by atoms with Crippen molar-refractivity contribution in [2.75, 3.05) is 12.3 Å². The van der Waals surface area contributed by atoms with E-state index in [0.717, 1.165) is 11.3 Å². The van der Waals surface area contributed by atoms with Gasteiger partial charge in [-0.05, 0) is 25.1 Å². The monoisotopic (exact) mass is 429 g/mol. The van der Waals surface area contributed by atoms with Crippen molar-refractivity contribution in [2.24, 2.45) is 0 Å². The molecule has 0 aliphatic heterocycles. The van der Waals surface area contributed by atoms with Crippen molar-refractivity contribution in [3.63, 3.8) is 0 Å². The molecular weight excluding hydrogens is 410 g/mol. The molecule has 0 bridgehead atoms. The lowest BCUT2D eigenvalue weighted by Gasteiger charge is -2.12. The number of carbonyl (C=O) groups excluding carboxylic acids is 1. The summed E-state index contributed by atoms with van der Waals surface area (Å²) in [6, 6.07) is 5.54. The van der Waals surface area contributed by atoms with Crippen LogP contribution in [0, 0.1) is 6.92 Å². The fourth-order valence-electron chi connectivity index (χ4n) is 3.35. The van der Waals surface area contributed by atoms with Gasteiger partial charge in [0, 0.05) is 42.6 Å². The number of rotatable bonds is 6. The lowest BCUT2D eigenvalue weighted by Crippen LogP contribution is -2.29. The molecule has 5 aromatic rings. The summed E-state index contributed by atoms with van der Waals surface area (Å²) in [5.41, 5.74) is 9.37. The van der Waals surface area contributed by atoms with Gasteiger partial charge in [0.25, 0.3) is 5.91 Å². The Morgan fingerprint density at radius 3 is 2.88 bits per heavy atom. The van der Waals surface area contributed by atoms with Crippen LogP contribution in [0.1, 0.15) is 16.2 Å². The number of nitrogens with one attached hydrogen (secondary N) is 1. The van der Waals surface area contributed by atoms with Gasteiger partial charge in [0.05, 0.1) is 12.7 Å². The third-order valence-electron chi connectivity index (χ3n) is 4.92. The highest BCUT2D eigenvalue weighted by molar-refractivity contribution is 5.97. The van der Waals surface area contributed by atoms with Crippen molar-refractivity contribution in [3.05, 3.63) is 66.8 Å². The molecule has 0 spiro atoms. The van der Waals surface area contributed by atoms with Crippen LogP contribution in [-0.4, -0.2) is 46.6 Å². The SMILES string of the molecule is Cc1cnc2ccc(-c3nc(C(=O)NCCn4cccn4)c(N)nc3-c3ncco3)cn12. The zero-order valence-electron chi connectivity index (χ0n) is 17.1. The Balaban J connectivity index is 1.54. The molecule has 0 aromatic carbocycles. The molecule has 0 aliphatic carbocycles. The highest BCUT2D eigenvalue weighted by atomic mass is 16.3. The maximum absolute atomic E-state index is 12.8. The number of amides is 1. The van der Waals surface area contributed by atoms with E-state index in [4.69, 9.17) is 10.2 Å². The normalized spacial score (nSPS) is 11.2. The summed E-state index contributed by atoms with van der Waals surface area (Å²) in [6.45, 7) is 2.83. The first-order valence-electron chi connectivity index (χ1n) is 9.87. The highest BCUT2D eigenvalue weighted by Gasteiger charge is 2.22. The first kappa shape index (κ1) is 19.4. The van der Waals surface area contributed by atoms with Gasteiger partial charge in [-0.15, -0.1) is 0 Å². The van der Waals surface area contributed by atoms with E-state index >= 15 is 0 Å². The lowest BCUT2D eigenvalue weighted by atomic mass is 10.1. The van der Waals surface area contributed by atoms with E-state index < -0.39 is 5.91 Å². The molecule has 11 heteroatoms. The van der Waals surface area contributed by atoms with Crippen LogP contribution in [0.5, 0.6) is 0 Å². The summed E-state index contributed by atoms with van der Waals surface area (Å²) in [6.07, 6.45) is 10.1. The van der Waals surface area contributed by atoms with Gasteiger partial charge < -0.3 is 19.9 Å². The fraction of sp³-hybridized carbons (Fsp3) is 0.143. The molecule has 0 radical (unpaired) electrons. The summed E-state index contributed by atoms with van der Waals surface area (Å²) in [5.74, 6) is -0.187. The van der Waals surface area contributed by atoms with Gasteiger partial charge in [-0.25, -0.2) is 19.9 Å². The Hall–Kier alpha value is -4.54. The average molecular weight is 429 g/mol. The molecule has 32 heavy (non-hydrogen) atoms. The van der Waals surface area contributed by atoms with Gasteiger partial charge in [0.1, 0.15) is 17.6 Å². The van der Waals surface area contributed by atoms with E-state index in [1.54, 1.807) is 17.1 Å². The van der Waals surface area contributed by atoms with Crippen LogP contribution in [0.2, 0.25) is 0 Å². The quantitative estimate of drug-likeness (QED) is 0.417. The van der Waals surface area contributed by atoms with Crippen LogP contribution in [0.15, 0.2) is 59.9 Å². The van der Waals surface area contributed by atoms with E-state index in [9.17, 15) is 4.79 Å². The number of hydrogen-bond acceptors (Lipinski definition) is 8. The second-order valence-corrected chi connectivity index (χ2v) is 7.06. The molecule has 0 saturated heterocycles. The molecule has 3 N–H and O–H groups in total. The molecule has 5 heterocycles. The van der Waals surface area contributed by atoms with Crippen molar-refractivity contribution in [1.82, 2.24) is 39.4 Å². The Labute approximate surface area is 182 Å². The van der Waals surface area contributed by atoms with E-state index in [0.29, 0.717) is 30.0 Å². The number of aryl methyl sites for hydroxylation is 1. The first-order chi connectivity index (χ1) is 15.6. The van der Waals surface area contributed by atoms with Crippen LogP contribution >= 0.6 is 0 Å². The summed E-state index contributed by atoms with van der Waals surface area (Å²) in [5, 5.41) is 6.92. The smallest absolute Gasteiger partial charge is 0.273 e. The Bertz CT molecular complexity index is 1390. The summed E-state index contributed by atoms with van der Waals surface area (Å²) in [7, 11) is 0. The number of oxazole rings is 1. The maximum Gasteiger partial charge on any atom is 0.273 e. The number of nitrogens with two attached hydrogens (primary N) is 1. The first-order valence-corrected chi connectivity index (χ1v) is 9.87. The molecule has 0 unspecified atom stereocenters. The Kier molecular flexibility index (Phi) is 4.82. The average Bonchev–Trinajstić information content (AvgIpc) is 3.56. The van der Waals surface area contributed by atoms with Gasteiger partial charge in [-0.3, -0.25) is 9.48 Å². The molecule has 5 aromatic heterocycles. The van der Waals surface area contributed by atoms with Crippen LogP contribution < -0.4 is 11.1 Å². The topological polar surface area (TPSA) is 142 Å². The minimum atomic E-state index is -0.428. The molecule has 5 rings (SSSR count). The summed E-state index contributed by atoms with van der Waals surface area (Å²) >= 11 is 0. The van der Waals surface area contributed by atoms with Crippen LogP contribution in [0.25, 0.3) is 28.5 Å². The molecule has 0 atom stereocenters. The molecule has 11 nitrogen and oxygen atoms in total. The number of aromatic nitrogens is 7. The minimum Gasteiger partial charge on any atom is -0.443 e. The predicted octanol–water partition coefficient (Wildman–Crippen LogP) is 1.96. The zero-order valence-corrected chi connectivity index (χ0v) is 17.1. The number of nitrogen functional groups attached to an aromatic ring is 1. The number of hydrogen-bond donors (Lipinski definition) is 2. The second-order valence-electron chi connectivity index (χ2n) is 7.06. The van der Waals surface area contributed by atoms with E-state index in [1.165, 1.54) is 12.5 Å². The van der Waals surface area contributed by atoms with Crippen LogP contribution in [0.4, 0.5) is 5.82 Å². The third-order valence-corrected chi connectivity index (χ3v) is 4.92. The van der Waals surface area contributed by atoms with E-state index in [1.807, 2.05) is 41.9 Å². The van der Waals surface area contributed by atoms with E-state index in [-0.39, 0.29) is 17.4 Å². The van der Waals surface area contributed by atoms with Crippen molar-refractivity contribution in [3.8, 4) is 22.8 Å². The summed E-state index contributed by atoms with van der Waals surface area (Å²) < 4.78 is 9.09. The molecular formula is C21H19N9O2. The van der Waals surface area contributed by atoms with Gasteiger partial charge in [0.2, 0.25) is 5.89 Å². The minimum absolute atomic E-state index is 0.0153. The van der Waals surface area contributed by atoms with E-state index in [2.05, 4.69) is 30.4 Å². The Morgan fingerprint density at radius 1 is 1.19 bits per heavy atom. The molecule has 0 saturated carbocycles. The number of pyridine rings is 1. The number of carbonyl (C=O) groups is 1. The molecule has 160 valence electrons. The number of fused-ring (bicyclic) bond motifs is 1. The van der Waals surface area contributed by atoms with Gasteiger partial charge in [0.15, 0.2) is 17.2 Å². The van der Waals surface area contributed by atoms with Crippen molar-refractivity contribution < 1.29 is 9.21 Å². The van der Waals surface area contributed by atoms with Crippen LogP contribution in [-0.2, 0) is 6.54 Å². The molecule has 0 fully saturated rings. The van der Waals surface area contributed by atoms with Gasteiger partial charge in [-0.2, -0.15) is 5.10 Å². The number of anilines is 1. The maximum atomic E-state index is 12.8. The third kappa shape index (κ3) is 3.55. The molecule has 0 aliphatic rings. The standard InChI is InChI=1S/C21H19N9O2/c1-13-11-25-15-4-3-14(12-30(13)15)16-17(21-24-7-10-32-21)28-19(22)18(27-16)20(31)23-6-9-29-8-2-5-26-29/h2-5,7-8,10-12H,6,9H2,1H3,(H2,22,28)(H,23,31). The van der Waals surface area contributed by atoms with Gasteiger partial charge >= 0.3 is 0 Å². The lowest BCUT2D eigenvalue weighted by molar-refractivity contribution is 0.0947. The van der Waals surface area contributed by atoms with Crippen LogP contribution in [0.3, 0.4) is 0 Å². The molecule has 1 amide bonds.